The van der Waals surface area contributed by atoms with Crippen molar-refractivity contribution in [2.75, 3.05) is 0 Å². The first-order chi connectivity index (χ1) is 16.3. The van der Waals surface area contributed by atoms with Gasteiger partial charge in [0.15, 0.2) is 5.65 Å². The monoisotopic (exact) mass is 487 g/mol. The summed E-state index contributed by atoms with van der Waals surface area (Å²) in [6.45, 7) is 4.37. The molecule has 0 spiro atoms. The number of amides is 1. The van der Waals surface area contributed by atoms with Crippen LogP contribution < -0.4 is 10.1 Å². The number of aryl methyl sites for hydroxylation is 2. The maximum absolute atomic E-state index is 14.1. The van der Waals surface area contributed by atoms with Gasteiger partial charge in [0.1, 0.15) is 23.8 Å². The highest BCUT2D eigenvalue weighted by atomic mass is 35.5. The molecule has 3 aromatic rings. The van der Waals surface area contributed by atoms with Gasteiger partial charge in [-0.2, -0.15) is 5.10 Å². The minimum Gasteiger partial charge on any atom is -0.489 e. The van der Waals surface area contributed by atoms with Crippen LogP contribution in [0, 0.1) is 19.7 Å². The highest BCUT2D eigenvalue weighted by Gasteiger charge is 2.42. The first-order valence-corrected chi connectivity index (χ1v) is 11.8. The highest BCUT2D eigenvalue weighted by Crippen LogP contribution is 2.35. The van der Waals surface area contributed by atoms with Crippen molar-refractivity contribution in [1.82, 2.24) is 24.8 Å². The van der Waals surface area contributed by atoms with Gasteiger partial charge in [0.2, 0.25) is 0 Å². The molecular weight excluding hydrogens is 464 g/mol. The topological polar surface area (TPSA) is 71.8 Å². The minimum atomic E-state index is -0.898. The second-order valence-electron chi connectivity index (χ2n) is 9.49. The van der Waals surface area contributed by atoms with Crippen LogP contribution in [-0.2, 0) is 13.1 Å². The van der Waals surface area contributed by atoms with Crippen LogP contribution in [0.3, 0.4) is 0 Å². The molecule has 0 radical (unpaired) electrons. The number of hydrogen-bond acceptors (Lipinski definition) is 5. The Kier molecular flexibility index (Phi) is 5.04. The van der Waals surface area contributed by atoms with Crippen molar-refractivity contribution in [3.05, 3.63) is 57.2 Å². The van der Waals surface area contributed by atoms with Gasteiger partial charge in [-0.3, -0.25) is 4.79 Å². The van der Waals surface area contributed by atoms with E-state index in [9.17, 15) is 13.6 Å². The molecule has 10 heteroatoms. The van der Waals surface area contributed by atoms with E-state index in [4.69, 9.17) is 16.3 Å². The Morgan fingerprint density at radius 3 is 2.85 bits per heavy atom. The number of nitrogens with zero attached hydrogens (tertiary/aromatic N) is 4. The van der Waals surface area contributed by atoms with Crippen molar-refractivity contribution < 1.29 is 18.3 Å². The number of alkyl halides is 1. The predicted molar refractivity (Wildman–Crippen MR) is 121 cm³/mol. The van der Waals surface area contributed by atoms with Crippen LogP contribution in [0.1, 0.15) is 52.3 Å². The Morgan fingerprint density at radius 2 is 2.06 bits per heavy atom. The molecule has 1 amide bonds. The van der Waals surface area contributed by atoms with E-state index < -0.39 is 12.0 Å². The average molecular weight is 488 g/mol. The Labute approximate surface area is 200 Å². The third-order valence-corrected chi connectivity index (χ3v) is 7.72. The number of carbonyl (C=O) groups excluding carboxylic acids is 1. The standard InChI is InChI=1S/C24H24ClF2N5O2/c1-11-22(25)12(2)32-23(28-11)17-9-31(10-20(17)30-32)24(33)16-4-3-13(26)5-21(16)34-15-6-14-7-18(27)19(8-15)29-14/h3-5,14-15,18-19,29H,6-10H2,1-2H3/t14?,15-,18?,19?/m1/s1. The summed E-state index contributed by atoms with van der Waals surface area (Å²) in [5.74, 6) is -0.558. The zero-order chi connectivity index (χ0) is 23.7. The quantitative estimate of drug-likeness (QED) is 0.606. The predicted octanol–water partition coefficient (Wildman–Crippen LogP) is 3.90. The zero-order valence-electron chi connectivity index (χ0n) is 18.8. The van der Waals surface area contributed by atoms with E-state index in [0.717, 1.165) is 17.0 Å². The fourth-order valence-corrected chi connectivity index (χ4v) is 5.58. The molecule has 178 valence electrons. The van der Waals surface area contributed by atoms with Gasteiger partial charge in [-0.25, -0.2) is 18.3 Å². The molecular formula is C24H24ClF2N5O2. The summed E-state index contributed by atoms with van der Waals surface area (Å²) in [5.41, 5.74) is 4.13. The molecule has 5 heterocycles. The average Bonchev–Trinajstić information content (AvgIpc) is 3.43. The first kappa shape index (κ1) is 21.7. The smallest absolute Gasteiger partial charge is 0.258 e. The number of halogens is 3. The number of carbonyl (C=O) groups is 1. The van der Waals surface area contributed by atoms with Gasteiger partial charge < -0.3 is 15.0 Å². The van der Waals surface area contributed by atoms with Crippen LogP contribution in [0.15, 0.2) is 18.2 Å². The van der Waals surface area contributed by atoms with Crippen LogP contribution >= 0.6 is 11.6 Å². The van der Waals surface area contributed by atoms with Crippen LogP contribution in [0.2, 0.25) is 5.02 Å². The normalized spacial score (nSPS) is 25.7. The van der Waals surface area contributed by atoms with Gasteiger partial charge in [0.05, 0.1) is 40.8 Å². The van der Waals surface area contributed by atoms with Crippen molar-refractivity contribution in [3.8, 4) is 5.75 Å². The van der Waals surface area contributed by atoms with Crippen LogP contribution in [0.5, 0.6) is 5.75 Å². The molecule has 34 heavy (non-hydrogen) atoms. The van der Waals surface area contributed by atoms with E-state index in [0.29, 0.717) is 48.7 Å². The molecule has 3 unspecified atom stereocenters. The Balaban J connectivity index is 1.26. The summed E-state index contributed by atoms with van der Waals surface area (Å²) in [4.78, 5) is 19.7. The van der Waals surface area contributed by atoms with Crippen molar-refractivity contribution in [1.29, 1.82) is 0 Å². The first-order valence-electron chi connectivity index (χ1n) is 11.5. The van der Waals surface area contributed by atoms with Crippen LogP contribution in [0.25, 0.3) is 5.65 Å². The number of benzene rings is 1. The lowest BCUT2D eigenvalue weighted by molar-refractivity contribution is 0.0735. The fourth-order valence-electron chi connectivity index (χ4n) is 5.46. The summed E-state index contributed by atoms with van der Waals surface area (Å²) in [7, 11) is 0. The lowest BCUT2D eigenvalue weighted by Gasteiger charge is -2.30. The summed E-state index contributed by atoms with van der Waals surface area (Å²) >= 11 is 6.32. The second kappa shape index (κ2) is 7.88. The Bertz CT molecular complexity index is 1330. The van der Waals surface area contributed by atoms with Gasteiger partial charge in [-0.1, -0.05) is 11.6 Å². The van der Waals surface area contributed by atoms with Crippen LogP contribution in [-0.4, -0.2) is 49.8 Å². The molecule has 1 aromatic carbocycles. The number of nitrogens with one attached hydrogen (secondary N) is 1. The molecule has 2 fully saturated rings. The van der Waals surface area contributed by atoms with E-state index in [2.05, 4.69) is 15.4 Å². The Hall–Kier alpha value is -2.78. The molecule has 7 nitrogen and oxygen atoms in total. The van der Waals surface area contributed by atoms with Crippen molar-refractivity contribution in [2.45, 2.75) is 70.6 Å². The van der Waals surface area contributed by atoms with Crippen molar-refractivity contribution in [3.63, 3.8) is 0 Å². The summed E-state index contributed by atoms with van der Waals surface area (Å²) in [5, 5.41) is 8.45. The number of rotatable bonds is 3. The second-order valence-corrected chi connectivity index (χ2v) is 9.87. The number of aromatic nitrogens is 3. The molecule has 2 saturated heterocycles. The Morgan fingerprint density at radius 1 is 1.24 bits per heavy atom. The summed E-state index contributed by atoms with van der Waals surface area (Å²) < 4.78 is 36.0. The SMILES string of the molecule is Cc1nc2c3c(nn2c(C)c1Cl)CN(C(=O)c1ccc(F)cc1O[C@@H]1CC2CC(F)C(C1)N2)C3. The van der Waals surface area contributed by atoms with Gasteiger partial charge in [-0.15, -0.1) is 0 Å². The highest BCUT2D eigenvalue weighted by molar-refractivity contribution is 6.31. The summed E-state index contributed by atoms with van der Waals surface area (Å²) in [6, 6.07) is 3.74. The van der Waals surface area contributed by atoms with E-state index in [-0.39, 0.29) is 35.4 Å². The third kappa shape index (κ3) is 3.44. The third-order valence-electron chi connectivity index (χ3n) is 7.17. The number of fused-ring (bicyclic) bond motifs is 5. The van der Waals surface area contributed by atoms with Crippen molar-refractivity contribution >= 4 is 23.2 Å². The van der Waals surface area contributed by atoms with Gasteiger partial charge in [0, 0.05) is 30.1 Å². The maximum atomic E-state index is 14.1. The fraction of sp³-hybridized carbons (Fsp3) is 0.458. The number of hydrogen-bond donors (Lipinski definition) is 1. The van der Waals surface area contributed by atoms with E-state index in [1.807, 2.05) is 13.8 Å². The molecule has 0 aliphatic carbocycles. The zero-order valence-corrected chi connectivity index (χ0v) is 19.6. The lowest BCUT2D eigenvalue weighted by Crippen LogP contribution is -2.44. The number of piperidine rings is 1. The van der Waals surface area contributed by atoms with Crippen molar-refractivity contribution in [2.24, 2.45) is 0 Å². The van der Waals surface area contributed by atoms with E-state index >= 15 is 0 Å². The number of ether oxygens (including phenoxy) is 1. The largest absolute Gasteiger partial charge is 0.489 e. The molecule has 2 bridgehead atoms. The summed E-state index contributed by atoms with van der Waals surface area (Å²) in [6.07, 6.45) is 0.406. The molecule has 3 aliphatic heterocycles. The van der Waals surface area contributed by atoms with Crippen LogP contribution in [0.4, 0.5) is 8.78 Å². The van der Waals surface area contributed by atoms with Gasteiger partial charge >= 0.3 is 0 Å². The van der Waals surface area contributed by atoms with E-state index in [1.165, 1.54) is 18.2 Å². The molecule has 6 rings (SSSR count). The lowest BCUT2D eigenvalue weighted by atomic mass is 10.0. The van der Waals surface area contributed by atoms with Gasteiger partial charge in [-0.05, 0) is 38.8 Å². The van der Waals surface area contributed by atoms with Gasteiger partial charge in [0.25, 0.3) is 5.91 Å². The van der Waals surface area contributed by atoms with E-state index in [1.54, 1.807) is 9.42 Å². The molecule has 2 aromatic heterocycles. The molecule has 0 saturated carbocycles. The minimum absolute atomic E-state index is 0.0457. The molecule has 4 atom stereocenters. The molecule has 3 aliphatic rings. The maximum Gasteiger partial charge on any atom is 0.258 e. The molecule has 1 N–H and O–H groups in total.